The van der Waals surface area contributed by atoms with Gasteiger partial charge in [-0.05, 0) is 24.5 Å². The van der Waals surface area contributed by atoms with Crippen LogP contribution in [-0.4, -0.2) is 35.7 Å². The van der Waals surface area contributed by atoms with Crippen molar-refractivity contribution >= 4 is 23.3 Å². The van der Waals surface area contributed by atoms with Crippen molar-refractivity contribution in [2.75, 3.05) is 13.2 Å². The van der Waals surface area contributed by atoms with Crippen LogP contribution in [0.5, 0.6) is 0 Å². The van der Waals surface area contributed by atoms with E-state index >= 15 is 0 Å². The number of nitro benzene ring substituents is 1. The SMILES string of the molecule is CC(=O)NCCCc1ccc(C(=O)COC(=O)c2cccc([N+](=O)[O-])c2)cc1. The van der Waals surface area contributed by atoms with E-state index in [1.165, 1.54) is 25.1 Å². The Kier molecular flexibility index (Phi) is 7.38. The zero-order valence-electron chi connectivity index (χ0n) is 15.3. The Balaban J connectivity index is 1.85. The van der Waals surface area contributed by atoms with Gasteiger partial charge in [0.05, 0.1) is 10.5 Å². The number of benzene rings is 2. The molecular formula is C20H20N2O6. The summed E-state index contributed by atoms with van der Waals surface area (Å²) in [6.45, 7) is 1.60. The number of carbonyl (C=O) groups is 3. The molecule has 0 radical (unpaired) electrons. The van der Waals surface area contributed by atoms with Crippen molar-refractivity contribution in [1.29, 1.82) is 0 Å². The summed E-state index contributed by atoms with van der Waals surface area (Å²) in [5.74, 6) is -1.24. The van der Waals surface area contributed by atoms with Crippen molar-refractivity contribution < 1.29 is 24.0 Å². The molecule has 8 nitrogen and oxygen atoms in total. The first kappa shape index (κ1) is 20.8. The van der Waals surface area contributed by atoms with E-state index in [1.54, 1.807) is 12.1 Å². The summed E-state index contributed by atoms with van der Waals surface area (Å²) in [6.07, 6.45) is 1.55. The Morgan fingerprint density at radius 2 is 1.79 bits per heavy atom. The molecule has 28 heavy (non-hydrogen) atoms. The largest absolute Gasteiger partial charge is 0.454 e. The molecule has 0 heterocycles. The number of hydrogen-bond acceptors (Lipinski definition) is 6. The number of carbonyl (C=O) groups excluding carboxylic acids is 3. The van der Waals surface area contributed by atoms with Crippen LogP contribution < -0.4 is 5.32 Å². The molecule has 8 heteroatoms. The van der Waals surface area contributed by atoms with Crippen LogP contribution in [0.1, 0.15) is 39.6 Å². The molecule has 0 saturated carbocycles. The van der Waals surface area contributed by atoms with E-state index in [1.807, 2.05) is 12.1 Å². The van der Waals surface area contributed by atoms with E-state index in [0.717, 1.165) is 24.5 Å². The molecule has 0 atom stereocenters. The normalized spacial score (nSPS) is 10.2. The molecule has 0 aromatic heterocycles. The van der Waals surface area contributed by atoms with Gasteiger partial charge in [-0.25, -0.2) is 4.79 Å². The highest BCUT2D eigenvalue weighted by atomic mass is 16.6. The van der Waals surface area contributed by atoms with Gasteiger partial charge in [0, 0.05) is 31.2 Å². The average molecular weight is 384 g/mol. The van der Waals surface area contributed by atoms with Gasteiger partial charge in [0.2, 0.25) is 5.91 Å². The molecular weight excluding hydrogens is 364 g/mol. The number of ether oxygens (including phenoxy) is 1. The molecule has 1 N–H and O–H groups in total. The van der Waals surface area contributed by atoms with Gasteiger partial charge >= 0.3 is 5.97 Å². The van der Waals surface area contributed by atoms with Crippen LogP contribution in [0.25, 0.3) is 0 Å². The standard InChI is InChI=1S/C20H20N2O6/c1-14(23)21-11-3-4-15-7-9-16(10-8-15)19(24)13-28-20(25)17-5-2-6-18(12-17)22(26)27/h2,5-10,12H,3-4,11,13H2,1H3,(H,21,23). The lowest BCUT2D eigenvalue weighted by molar-refractivity contribution is -0.384. The van der Waals surface area contributed by atoms with E-state index < -0.39 is 17.5 Å². The maximum atomic E-state index is 12.2. The number of rotatable bonds is 9. The summed E-state index contributed by atoms with van der Waals surface area (Å²) in [5, 5.41) is 13.5. The lowest BCUT2D eigenvalue weighted by Crippen LogP contribution is -2.21. The van der Waals surface area contributed by atoms with Crippen molar-refractivity contribution in [3.63, 3.8) is 0 Å². The minimum absolute atomic E-state index is 0.0107. The zero-order chi connectivity index (χ0) is 20.5. The Bertz CT molecular complexity index is 877. The molecule has 0 fully saturated rings. The van der Waals surface area contributed by atoms with E-state index in [2.05, 4.69) is 5.32 Å². The van der Waals surface area contributed by atoms with Crippen molar-refractivity contribution in [2.45, 2.75) is 19.8 Å². The lowest BCUT2D eigenvalue weighted by Gasteiger charge is -2.06. The number of Topliss-reactive ketones (excluding diaryl/α,β-unsaturated/α-hetero) is 1. The van der Waals surface area contributed by atoms with Crippen LogP contribution in [0.15, 0.2) is 48.5 Å². The van der Waals surface area contributed by atoms with E-state index in [9.17, 15) is 24.5 Å². The maximum Gasteiger partial charge on any atom is 0.338 e. The van der Waals surface area contributed by atoms with Crippen LogP contribution in [0, 0.1) is 10.1 Å². The summed E-state index contributed by atoms with van der Waals surface area (Å²) in [4.78, 5) is 45.1. The number of esters is 1. The van der Waals surface area contributed by atoms with Gasteiger partial charge in [-0.3, -0.25) is 19.7 Å². The summed E-state index contributed by atoms with van der Waals surface area (Å²) in [5.41, 5.74) is 1.21. The second kappa shape index (κ2) is 9.96. The van der Waals surface area contributed by atoms with E-state index in [-0.39, 0.29) is 22.9 Å². The highest BCUT2D eigenvalue weighted by molar-refractivity contribution is 5.99. The van der Waals surface area contributed by atoms with Crippen LogP contribution in [0.4, 0.5) is 5.69 Å². The number of nitro groups is 1. The van der Waals surface area contributed by atoms with Gasteiger partial charge < -0.3 is 10.1 Å². The molecule has 0 bridgehead atoms. The smallest absolute Gasteiger partial charge is 0.338 e. The van der Waals surface area contributed by atoms with Gasteiger partial charge in [0.25, 0.3) is 5.69 Å². The number of ketones is 1. The summed E-state index contributed by atoms with van der Waals surface area (Å²) in [6, 6.07) is 12.0. The Morgan fingerprint density at radius 3 is 2.43 bits per heavy atom. The Morgan fingerprint density at radius 1 is 1.07 bits per heavy atom. The highest BCUT2D eigenvalue weighted by Crippen LogP contribution is 2.14. The first-order chi connectivity index (χ1) is 13.4. The minimum Gasteiger partial charge on any atom is -0.454 e. The molecule has 0 spiro atoms. The van der Waals surface area contributed by atoms with Crippen molar-refractivity contribution in [1.82, 2.24) is 5.32 Å². The number of hydrogen-bond donors (Lipinski definition) is 1. The summed E-state index contributed by atoms with van der Waals surface area (Å²) < 4.78 is 4.96. The van der Waals surface area contributed by atoms with Gasteiger partial charge in [-0.15, -0.1) is 0 Å². The monoisotopic (exact) mass is 384 g/mol. The number of nitrogens with one attached hydrogen (secondary N) is 1. The third kappa shape index (κ3) is 6.31. The number of non-ortho nitro benzene ring substituents is 1. The topological polar surface area (TPSA) is 116 Å². The second-order valence-corrected chi connectivity index (χ2v) is 6.09. The maximum absolute atomic E-state index is 12.2. The molecule has 0 aliphatic heterocycles. The van der Waals surface area contributed by atoms with Gasteiger partial charge in [-0.2, -0.15) is 0 Å². The average Bonchev–Trinajstić information content (AvgIpc) is 2.69. The van der Waals surface area contributed by atoms with E-state index in [0.29, 0.717) is 12.1 Å². The predicted molar refractivity (Wildman–Crippen MR) is 101 cm³/mol. The van der Waals surface area contributed by atoms with Crippen LogP contribution >= 0.6 is 0 Å². The molecule has 0 aliphatic carbocycles. The zero-order valence-corrected chi connectivity index (χ0v) is 15.3. The van der Waals surface area contributed by atoms with Crippen LogP contribution in [-0.2, 0) is 16.0 Å². The molecule has 2 rings (SSSR count). The fraction of sp³-hybridized carbons (Fsp3) is 0.250. The fourth-order valence-electron chi connectivity index (χ4n) is 2.46. The van der Waals surface area contributed by atoms with Crippen LogP contribution in [0.3, 0.4) is 0 Å². The molecule has 2 aromatic carbocycles. The number of nitrogens with zero attached hydrogens (tertiary/aromatic N) is 1. The Hall–Kier alpha value is -3.55. The molecule has 1 amide bonds. The molecule has 2 aromatic rings. The summed E-state index contributed by atoms with van der Waals surface area (Å²) in [7, 11) is 0. The third-order valence-electron chi connectivity index (χ3n) is 3.92. The lowest BCUT2D eigenvalue weighted by atomic mass is 10.1. The predicted octanol–water partition coefficient (Wildman–Crippen LogP) is 2.70. The second-order valence-electron chi connectivity index (χ2n) is 6.09. The van der Waals surface area contributed by atoms with E-state index in [4.69, 9.17) is 4.74 Å². The highest BCUT2D eigenvalue weighted by Gasteiger charge is 2.15. The first-order valence-corrected chi connectivity index (χ1v) is 8.65. The fourth-order valence-corrected chi connectivity index (χ4v) is 2.46. The number of aryl methyl sites for hydroxylation is 1. The summed E-state index contributed by atoms with van der Waals surface area (Å²) >= 11 is 0. The molecule has 0 aliphatic rings. The first-order valence-electron chi connectivity index (χ1n) is 8.65. The third-order valence-corrected chi connectivity index (χ3v) is 3.92. The molecule has 0 unspecified atom stereocenters. The van der Waals surface area contributed by atoms with Gasteiger partial charge in [0.15, 0.2) is 12.4 Å². The van der Waals surface area contributed by atoms with Crippen molar-refractivity contribution in [3.05, 3.63) is 75.3 Å². The van der Waals surface area contributed by atoms with Gasteiger partial charge in [-0.1, -0.05) is 30.3 Å². The minimum atomic E-state index is -0.799. The number of amides is 1. The molecule has 0 saturated heterocycles. The molecule has 146 valence electrons. The van der Waals surface area contributed by atoms with Crippen molar-refractivity contribution in [3.8, 4) is 0 Å². The van der Waals surface area contributed by atoms with Crippen molar-refractivity contribution in [2.24, 2.45) is 0 Å². The van der Waals surface area contributed by atoms with Gasteiger partial charge in [0.1, 0.15) is 0 Å². The van der Waals surface area contributed by atoms with Crippen LogP contribution in [0.2, 0.25) is 0 Å². The quantitative estimate of drug-likeness (QED) is 0.234. The Labute approximate surface area is 161 Å².